The summed E-state index contributed by atoms with van der Waals surface area (Å²) in [6.45, 7) is 45.1. The molecule has 0 saturated carbocycles. The highest BCUT2D eigenvalue weighted by atomic mass is 28.5. The van der Waals surface area contributed by atoms with Crippen LogP contribution >= 0.6 is 0 Å². The fourth-order valence-electron chi connectivity index (χ4n) is 6.64. The van der Waals surface area contributed by atoms with Gasteiger partial charge in [0.15, 0.2) is 33.3 Å². The lowest BCUT2D eigenvalue weighted by molar-refractivity contribution is -0.141. The summed E-state index contributed by atoms with van der Waals surface area (Å²) < 4.78 is 50.5. The lowest BCUT2D eigenvalue weighted by atomic mass is 10.4. The van der Waals surface area contributed by atoms with E-state index in [0.717, 1.165) is 31.5 Å². The van der Waals surface area contributed by atoms with Crippen LogP contribution in [0.25, 0.3) is 0 Å². The highest BCUT2D eigenvalue weighted by Crippen LogP contribution is 2.27. The quantitative estimate of drug-likeness (QED) is 0.0177. The molecule has 0 rings (SSSR count). The van der Waals surface area contributed by atoms with Crippen molar-refractivity contribution in [3.8, 4) is 6.26 Å². The van der Waals surface area contributed by atoms with Gasteiger partial charge in [-0.2, -0.15) is 5.26 Å². The second-order valence-electron chi connectivity index (χ2n) is 19.6. The van der Waals surface area contributed by atoms with Gasteiger partial charge >= 0.3 is 35.1 Å². The van der Waals surface area contributed by atoms with Gasteiger partial charge in [-0.25, -0.2) is 14.4 Å². The predicted molar refractivity (Wildman–Crippen MR) is 312 cm³/mol. The SMILES string of the molecule is C.C.C.C.C=C(C)C(=O)OCCOCCNC(=O)NCCC[Si](C)(C)O[Si](C)(C)O[Si](C)(C)CCCC.C=C(C)C(=O)OCCOCCOC#N.CCCC[Si](C)(C)O[Si](C)(C)O[Si](C)(C)CCCN.[HH]. The molecular formula is C48H114N4O12Si6. The standard InChI is InChI=1S/C22H48N2O6Si3.C13H35NO2Si3.C9H13NO4.4CH4.H2/c1-10-11-18-31(4,5)29-33(8,9)30-32(6,7)19-12-13-23-22(26)24-14-15-27-16-17-28-21(25)20(2)3;1-8-9-12-17(2,3)15-19(6,7)16-18(4,5)13-10-11-14;1-8(2)9(11)14-6-5-12-3-4-13-7-10;;;;;/h2,10-19H2,1,3-9H3,(H2,23,24,26);8-14H2,1-7H3;1,3-6H2,2H3;4*1H4;1H. The summed E-state index contributed by atoms with van der Waals surface area (Å²) in [4.78, 5) is 34.0. The third-order valence-corrected chi connectivity index (χ3v) is 32.1. The Bertz CT molecular complexity index is 1400. The third-order valence-electron chi connectivity index (χ3n) is 9.12. The molecule has 0 aliphatic rings. The van der Waals surface area contributed by atoms with Crippen LogP contribution < -0.4 is 16.4 Å². The summed E-state index contributed by atoms with van der Waals surface area (Å²) in [5.74, 6) is -0.856. The molecule has 0 aliphatic carbocycles. The average Bonchev–Trinajstić information content (AvgIpc) is 3.18. The van der Waals surface area contributed by atoms with Crippen molar-refractivity contribution < 1.29 is 56.0 Å². The second-order valence-corrected chi connectivity index (χ2v) is 44.6. The van der Waals surface area contributed by atoms with Gasteiger partial charge in [-0.15, -0.1) is 0 Å². The molecule has 0 aliphatic heterocycles. The van der Waals surface area contributed by atoms with Gasteiger partial charge in [0, 0.05) is 25.7 Å². The van der Waals surface area contributed by atoms with Crippen LogP contribution in [-0.4, -0.2) is 134 Å². The molecule has 0 fully saturated rings. The van der Waals surface area contributed by atoms with Crippen molar-refractivity contribution in [3.63, 3.8) is 0 Å². The summed E-state index contributed by atoms with van der Waals surface area (Å²) in [6.07, 6.45) is 8.40. The lowest BCUT2D eigenvalue weighted by Crippen LogP contribution is -2.52. The van der Waals surface area contributed by atoms with Crippen molar-refractivity contribution in [3.05, 3.63) is 24.3 Å². The molecule has 0 spiro atoms. The van der Waals surface area contributed by atoms with Crippen LogP contribution in [0.15, 0.2) is 24.3 Å². The average molecular weight is 1110 g/mol. The maximum Gasteiger partial charge on any atom is 0.333 e. The maximum atomic E-state index is 11.9. The predicted octanol–water partition coefficient (Wildman–Crippen LogP) is 12.4. The molecule has 2 amide bonds. The number of unbranched alkanes of at least 4 members (excludes halogenated alkanes) is 2. The minimum Gasteiger partial charge on any atom is -0.460 e. The van der Waals surface area contributed by atoms with E-state index in [4.69, 9.17) is 46.4 Å². The van der Waals surface area contributed by atoms with Crippen LogP contribution in [0.4, 0.5) is 4.79 Å². The van der Waals surface area contributed by atoms with Crippen molar-refractivity contribution in [1.82, 2.24) is 10.6 Å². The fourth-order valence-corrected chi connectivity index (χ4v) is 35.1. The summed E-state index contributed by atoms with van der Waals surface area (Å²) in [5, 5.41) is 13.6. The molecule has 0 atom stereocenters. The minimum absolute atomic E-state index is 0. The van der Waals surface area contributed by atoms with Crippen LogP contribution in [0.2, 0.25) is 103 Å². The molecule has 70 heavy (non-hydrogen) atoms. The Morgan fingerprint density at radius 2 is 0.857 bits per heavy atom. The van der Waals surface area contributed by atoms with Crippen molar-refractivity contribution in [2.24, 2.45) is 5.73 Å². The Morgan fingerprint density at radius 1 is 0.529 bits per heavy atom. The van der Waals surface area contributed by atoms with Crippen LogP contribution in [0.1, 0.15) is 97.4 Å². The number of nitrogens with one attached hydrogen (secondary N) is 2. The van der Waals surface area contributed by atoms with Gasteiger partial charge in [0.25, 0.3) is 6.26 Å². The van der Waals surface area contributed by atoms with E-state index in [1.165, 1.54) is 44.0 Å². The molecular weight excluding hydrogens is 993 g/mol. The largest absolute Gasteiger partial charge is 0.460 e. The molecule has 0 aromatic heterocycles. The summed E-state index contributed by atoms with van der Waals surface area (Å²) in [6, 6.07) is 4.32. The van der Waals surface area contributed by atoms with Gasteiger partial charge in [0.2, 0.25) is 0 Å². The zero-order chi connectivity index (χ0) is 51.5. The van der Waals surface area contributed by atoms with Crippen molar-refractivity contribution in [1.29, 1.82) is 5.26 Å². The Morgan fingerprint density at radius 3 is 1.20 bits per heavy atom. The first-order chi connectivity index (χ1) is 30.4. The number of rotatable bonds is 35. The first-order valence-electron chi connectivity index (χ1n) is 23.8. The highest BCUT2D eigenvalue weighted by molar-refractivity contribution is 6.88. The number of carbonyl (C=O) groups is 3. The normalized spacial score (nSPS) is 11.4. The zero-order valence-corrected chi connectivity index (χ0v) is 50.5. The molecule has 422 valence electrons. The van der Waals surface area contributed by atoms with Crippen molar-refractivity contribution in [2.45, 2.75) is 199 Å². The van der Waals surface area contributed by atoms with E-state index in [9.17, 15) is 14.4 Å². The van der Waals surface area contributed by atoms with Crippen molar-refractivity contribution >= 4 is 68.4 Å². The van der Waals surface area contributed by atoms with Crippen LogP contribution in [0, 0.1) is 11.5 Å². The Hall–Kier alpha value is -2.00. The van der Waals surface area contributed by atoms with Crippen molar-refractivity contribution in [2.75, 3.05) is 65.9 Å². The number of carbonyl (C=O) groups excluding carboxylic acids is 3. The molecule has 0 bridgehead atoms. The Balaban J connectivity index is -0.000000149. The molecule has 0 unspecified atom stereocenters. The zero-order valence-electron chi connectivity index (χ0n) is 44.5. The molecule has 0 aromatic carbocycles. The number of hydrogen-bond acceptors (Lipinski definition) is 14. The molecule has 0 heterocycles. The number of nitrogens with two attached hydrogens (primary N) is 1. The van der Waals surface area contributed by atoms with E-state index in [0.29, 0.717) is 37.4 Å². The van der Waals surface area contributed by atoms with Gasteiger partial charge in [0.1, 0.15) is 19.8 Å². The number of nitriles is 1. The minimum atomic E-state index is -2.17. The first kappa shape index (κ1) is 82.0. The van der Waals surface area contributed by atoms with Crippen LogP contribution in [0.3, 0.4) is 0 Å². The van der Waals surface area contributed by atoms with Gasteiger partial charge < -0.3 is 56.5 Å². The van der Waals surface area contributed by atoms with Gasteiger partial charge in [-0.05, 0) is 136 Å². The topological polar surface area (TPSA) is 208 Å². The van der Waals surface area contributed by atoms with E-state index in [1.807, 2.05) is 0 Å². The van der Waals surface area contributed by atoms with E-state index in [1.54, 1.807) is 13.8 Å². The van der Waals surface area contributed by atoms with Gasteiger partial charge in [0.05, 0.1) is 26.4 Å². The van der Waals surface area contributed by atoms with Crippen LogP contribution in [0.5, 0.6) is 0 Å². The maximum absolute atomic E-state index is 11.9. The molecule has 4 N–H and O–H groups in total. The lowest BCUT2D eigenvalue weighted by Gasteiger charge is -2.39. The number of hydrogen-bond donors (Lipinski definition) is 3. The number of esters is 2. The number of ether oxygens (including phenoxy) is 5. The third kappa shape index (κ3) is 53.8. The highest BCUT2D eigenvalue weighted by Gasteiger charge is 2.40. The summed E-state index contributed by atoms with van der Waals surface area (Å²) in [7, 11) is -10.9. The fraction of sp³-hybridized carbons (Fsp3) is 0.833. The number of urea groups is 1. The summed E-state index contributed by atoms with van der Waals surface area (Å²) >= 11 is 0. The molecule has 16 nitrogen and oxygen atoms in total. The Labute approximate surface area is 439 Å². The molecule has 22 heteroatoms. The molecule has 0 aromatic rings. The second kappa shape index (κ2) is 44.5. The smallest absolute Gasteiger partial charge is 0.333 e. The van der Waals surface area contributed by atoms with E-state index >= 15 is 0 Å². The van der Waals surface area contributed by atoms with Gasteiger partial charge in [-0.1, -0.05) is 82.4 Å². The van der Waals surface area contributed by atoms with E-state index in [2.05, 4.69) is 121 Å². The van der Waals surface area contributed by atoms with E-state index < -0.39 is 62.3 Å². The van der Waals surface area contributed by atoms with E-state index in [-0.39, 0.29) is 70.2 Å². The molecule has 0 radical (unpaired) electrons. The Kier molecular flexibility index (Phi) is 52.1. The monoisotopic (exact) mass is 1110 g/mol. The summed E-state index contributed by atoms with van der Waals surface area (Å²) in [5.41, 5.74) is 6.33. The van der Waals surface area contributed by atoms with Crippen LogP contribution in [-0.2, 0) is 49.7 Å². The van der Waals surface area contributed by atoms with Gasteiger partial charge in [-0.3, -0.25) is 0 Å². The first-order valence-corrected chi connectivity index (χ1v) is 41.8. The number of nitrogens with zero attached hydrogens (tertiary/aromatic N) is 1. The molecule has 0 saturated heterocycles. The number of amides is 2.